The van der Waals surface area contributed by atoms with Crippen molar-refractivity contribution >= 4 is 32.8 Å². The van der Waals surface area contributed by atoms with Crippen LogP contribution in [0.15, 0.2) is 18.3 Å². The number of anilines is 1. The zero-order chi connectivity index (χ0) is 15.2. The second-order valence-electron chi connectivity index (χ2n) is 5.33. The van der Waals surface area contributed by atoms with E-state index in [0.29, 0.717) is 18.1 Å². The standard InChI is InChI=1S/C13H17ClN4O2S/c1-9(15)10-8-11(14)12-2-3-16-18(12)13(10)17-4-6-21(19,20)7-5-17/h2-3,8-9H,4-7,15H2,1H3. The normalized spacial score (nSPS) is 19.9. The minimum atomic E-state index is -2.93. The maximum Gasteiger partial charge on any atom is 0.153 e. The highest BCUT2D eigenvalue weighted by Crippen LogP contribution is 2.32. The molecule has 6 nitrogen and oxygen atoms in total. The lowest BCUT2D eigenvalue weighted by Crippen LogP contribution is -2.42. The first-order valence-electron chi connectivity index (χ1n) is 6.76. The number of halogens is 1. The number of nitrogens with zero attached hydrogens (tertiary/aromatic N) is 3. The van der Waals surface area contributed by atoms with Gasteiger partial charge in [0.15, 0.2) is 9.84 Å². The van der Waals surface area contributed by atoms with Gasteiger partial charge < -0.3 is 10.6 Å². The molecule has 1 atom stereocenters. The maximum atomic E-state index is 11.6. The lowest BCUT2D eigenvalue weighted by Gasteiger charge is -2.31. The van der Waals surface area contributed by atoms with Crippen molar-refractivity contribution < 1.29 is 8.42 Å². The average molecular weight is 329 g/mol. The quantitative estimate of drug-likeness (QED) is 0.897. The number of rotatable bonds is 2. The van der Waals surface area contributed by atoms with Crippen LogP contribution in [0.4, 0.5) is 5.82 Å². The molecule has 1 fully saturated rings. The summed E-state index contributed by atoms with van der Waals surface area (Å²) in [6, 6.07) is 3.46. The summed E-state index contributed by atoms with van der Waals surface area (Å²) in [5, 5.41) is 4.91. The molecule has 1 saturated heterocycles. The van der Waals surface area contributed by atoms with Gasteiger partial charge in [0, 0.05) is 24.7 Å². The molecule has 0 saturated carbocycles. The molecule has 8 heteroatoms. The van der Waals surface area contributed by atoms with Crippen LogP contribution in [0.5, 0.6) is 0 Å². The Hall–Kier alpha value is -1.31. The van der Waals surface area contributed by atoms with E-state index in [-0.39, 0.29) is 17.5 Å². The van der Waals surface area contributed by atoms with E-state index in [1.54, 1.807) is 10.7 Å². The molecule has 3 rings (SSSR count). The van der Waals surface area contributed by atoms with Crippen molar-refractivity contribution in [3.05, 3.63) is 28.9 Å². The molecule has 1 aliphatic rings. The topological polar surface area (TPSA) is 80.7 Å². The molecule has 0 radical (unpaired) electrons. The van der Waals surface area contributed by atoms with Gasteiger partial charge >= 0.3 is 0 Å². The van der Waals surface area contributed by atoms with Gasteiger partial charge in [0.1, 0.15) is 5.82 Å². The molecule has 2 N–H and O–H groups in total. The Morgan fingerprint density at radius 1 is 1.38 bits per heavy atom. The minimum absolute atomic E-state index is 0.150. The number of sulfone groups is 1. The molecule has 3 heterocycles. The molecule has 0 bridgehead atoms. The van der Waals surface area contributed by atoms with Crippen LogP contribution in [0.2, 0.25) is 5.02 Å². The molecule has 114 valence electrons. The van der Waals surface area contributed by atoms with Crippen LogP contribution >= 0.6 is 11.6 Å². The smallest absolute Gasteiger partial charge is 0.153 e. The summed E-state index contributed by atoms with van der Waals surface area (Å²) >= 11 is 6.27. The van der Waals surface area contributed by atoms with Crippen molar-refractivity contribution in [3.63, 3.8) is 0 Å². The summed E-state index contributed by atoms with van der Waals surface area (Å²) in [5.74, 6) is 1.14. The van der Waals surface area contributed by atoms with Crippen molar-refractivity contribution in [1.82, 2.24) is 9.61 Å². The number of fused-ring (bicyclic) bond motifs is 1. The highest BCUT2D eigenvalue weighted by Gasteiger charge is 2.26. The van der Waals surface area contributed by atoms with Gasteiger partial charge in [0.25, 0.3) is 0 Å². The zero-order valence-electron chi connectivity index (χ0n) is 11.7. The van der Waals surface area contributed by atoms with Gasteiger partial charge in [-0.15, -0.1) is 0 Å². The molecular weight excluding hydrogens is 312 g/mol. The Morgan fingerprint density at radius 2 is 2.05 bits per heavy atom. The third kappa shape index (κ3) is 2.61. The van der Waals surface area contributed by atoms with Gasteiger partial charge in [-0.2, -0.15) is 5.10 Å². The summed E-state index contributed by atoms with van der Waals surface area (Å²) < 4.78 is 25.0. The Balaban J connectivity index is 2.14. The zero-order valence-corrected chi connectivity index (χ0v) is 13.2. The summed E-state index contributed by atoms with van der Waals surface area (Å²) in [5.41, 5.74) is 7.73. The van der Waals surface area contributed by atoms with Crippen LogP contribution in [0.1, 0.15) is 18.5 Å². The SMILES string of the molecule is CC(N)c1cc(Cl)c2ccnn2c1N1CCS(=O)(=O)CC1. The molecule has 2 aromatic heterocycles. The second kappa shape index (κ2) is 5.15. The molecule has 0 aromatic carbocycles. The van der Waals surface area contributed by atoms with E-state index in [9.17, 15) is 8.42 Å². The molecule has 21 heavy (non-hydrogen) atoms. The van der Waals surface area contributed by atoms with Crippen molar-refractivity contribution in [2.75, 3.05) is 29.5 Å². The van der Waals surface area contributed by atoms with E-state index in [1.165, 1.54) is 0 Å². The van der Waals surface area contributed by atoms with Gasteiger partial charge in [0.2, 0.25) is 0 Å². The van der Waals surface area contributed by atoms with E-state index in [4.69, 9.17) is 17.3 Å². The van der Waals surface area contributed by atoms with E-state index < -0.39 is 9.84 Å². The lowest BCUT2D eigenvalue weighted by atomic mass is 10.1. The van der Waals surface area contributed by atoms with Gasteiger partial charge in [-0.1, -0.05) is 11.6 Å². The first kappa shape index (κ1) is 14.6. The molecule has 0 spiro atoms. The lowest BCUT2D eigenvalue weighted by molar-refractivity contribution is 0.585. The average Bonchev–Trinajstić information content (AvgIpc) is 2.89. The first-order valence-corrected chi connectivity index (χ1v) is 8.96. The van der Waals surface area contributed by atoms with Crippen LogP contribution in [-0.2, 0) is 9.84 Å². The fourth-order valence-electron chi connectivity index (χ4n) is 2.63. The van der Waals surface area contributed by atoms with Gasteiger partial charge in [-0.3, -0.25) is 0 Å². The maximum absolute atomic E-state index is 11.6. The Labute approximate surface area is 128 Å². The predicted octanol–water partition coefficient (Wildman–Crippen LogP) is 1.24. The first-order chi connectivity index (χ1) is 9.89. The number of pyridine rings is 1. The predicted molar refractivity (Wildman–Crippen MR) is 83.7 cm³/mol. The summed E-state index contributed by atoms with van der Waals surface area (Å²) in [4.78, 5) is 2.02. The second-order valence-corrected chi connectivity index (χ2v) is 8.04. The van der Waals surface area contributed by atoms with Crippen LogP contribution < -0.4 is 10.6 Å². The van der Waals surface area contributed by atoms with Crippen molar-refractivity contribution in [1.29, 1.82) is 0 Å². The molecule has 1 unspecified atom stereocenters. The largest absolute Gasteiger partial charge is 0.354 e. The summed E-state index contributed by atoms with van der Waals surface area (Å²) in [6.07, 6.45) is 1.68. The number of nitrogens with two attached hydrogens (primary N) is 1. The fraction of sp³-hybridized carbons (Fsp3) is 0.462. The number of aromatic nitrogens is 2. The van der Waals surface area contributed by atoms with Gasteiger partial charge in [-0.05, 0) is 19.1 Å². The molecule has 2 aromatic rings. The van der Waals surface area contributed by atoms with E-state index in [1.807, 2.05) is 24.0 Å². The molecule has 0 amide bonds. The van der Waals surface area contributed by atoms with Crippen molar-refractivity contribution in [2.24, 2.45) is 5.73 Å². The summed E-state index contributed by atoms with van der Waals surface area (Å²) in [7, 11) is -2.93. The van der Waals surface area contributed by atoms with Crippen molar-refractivity contribution in [3.8, 4) is 0 Å². The Morgan fingerprint density at radius 3 is 2.67 bits per heavy atom. The molecular formula is C13H17ClN4O2S. The monoisotopic (exact) mass is 328 g/mol. The van der Waals surface area contributed by atoms with E-state index in [2.05, 4.69) is 5.10 Å². The summed E-state index contributed by atoms with van der Waals surface area (Å²) in [6.45, 7) is 2.77. The Kier molecular flexibility index (Phi) is 3.59. The van der Waals surface area contributed by atoms with Gasteiger partial charge in [-0.25, -0.2) is 12.9 Å². The third-order valence-electron chi connectivity index (χ3n) is 3.76. The van der Waals surface area contributed by atoms with Crippen LogP contribution in [-0.4, -0.2) is 42.6 Å². The number of hydrogen-bond donors (Lipinski definition) is 1. The van der Waals surface area contributed by atoms with E-state index in [0.717, 1.165) is 16.9 Å². The van der Waals surface area contributed by atoms with Crippen LogP contribution in [0.3, 0.4) is 0 Å². The minimum Gasteiger partial charge on any atom is -0.354 e. The number of hydrogen-bond acceptors (Lipinski definition) is 5. The van der Waals surface area contributed by atoms with Crippen LogP contribution in [0.25, 0.3) is 5.52 Å². The van der Waals surface area contributed by atoms with Crippen molar-refractivity contribution in [2.45, 2.75) is 13.0 Å². The highest BCUT2D eigenvalue weighted by atomic mass is 35.5. The third-order valence-corrected chi connectivity index (χ3v) is 5.67. The van der Waals surface area contributed by atoms with E-state index >= 15 is 0 Å². The highest BCUT2D eigenvalue weighted by molar-refractivity contribution is 7.91. The molecule has 0 aliphatic carbocycles. The Bertz CT molecular complexity index is 771. The van der Waals surface area contributed by atoms with Crippen LogP contribution in [0, 0.1) is 0 Å². The van der Waals surface area contributed by atoms with Gasteiger partial charge in [0.05, 0.1) is 28.2 Å². The molecule has 1 aliphatic heterocycles. The fourth-order valence-corrected chi connectivity index (χ4v) is 4.09.